The number of hydrogen-bond donors (Lipinski definition) is 0. The molecule has 9 heteroatoms. The standard InChI is InChI=1S/C17H12ClFN4O3/c1-26-22-17(23(24)25)15-9-20-16(11-4-2-3-5-13(11)19)12-8-10(18)6-7-14(12)21-15/h2-8H,9H2,1H3/b22-17-. The van der Waals surface area contributed by atoms with E-state index in [0.29, 0.717) is 22.0 Å². The molecule has 3 rings (SSSR count). The molecule has 7 nitrogen and oxygen atoms in total. The number of amidine groups is 1. The number of nitrogens with zero attached hydrogens (tertiary/aromatic N) is 4. The first-order valence-corrected chi connectivity index (χ1v) is 7.82. The Morgan fingerprint density at radius 3 is 2.77 bits per heavy atom. The fourth-order valence-corrected chi connectivity index (χ4v) is 2.67. The SMILES string of the molecule is CO/N=C(/C1=Nc2ccc(Cl)cc2C(c2ccccc2F)=NC1)[N+](=O)[O-]. The summed E-state index contributed by atoms with van der Waals surface area (Å²) in [7, 11) is 1.20. The highest BCUT2D eigenvalue weighted by molar-refractivity contribution is 6.40. The van der Waals surface area contributed by atoms with Crippen molar-refractivity contribution in [1.29, 1.82) is 0 Å². The van der Waals surface area contributed by atoms with Gasteiger partial charge in [0.25, 0.3) is 0 Å². The smallest absolute Gasteiger partial charge is 0.358 e. The number of rotatable bonds is 3. The van der Waals surface area contributed by atoms with E-state index >= 15 is 0 Å². The van der Waals surface area contributed by atoms with Crippen LogP contribution in [0.4, 0.5) is 10.1 Å². The molecule has 0 amide bonds. The van der Waals surface area contributed by atoms with Crippen LogP contribution in [0.1, 0.15) is 11.1 Å². The van der Waals surface area contributed by atoms with Crippen LogP contribution < -0.4 is 0 Å². The minimum Gasteiger partial charge on any atom is -0.358 e. The first-order chi connectivity index (χ1) is 12.5. The minimum absolute atomic E-state index is 0.00763. The highest BCUT2D eigenvalue weighted by atomic mass is 35.5. The lowest BCUT2D eigenvalue weighted by atomic mass is 10.0. The molecule has 1 aliphatic heterocycles. The van der Waals surface area contributed by atoms with Gasteiger partial charge in [-0.2, -0.15) is 0 Å². The summed E-state index contributed by atoms with van der Waals surface area (Å²) in [6.07, 6.45) is 0. The lowest BCUT2D eigenvalue weighted by Crippen LogP contribution is -2.26. The topological polar surface area (TPSA) is 89.5 Å². The third-order valence-electron chi connectivity index (χ3n) is 3.59. The van der Waals surface area contributed by atoms with Gasteiger partial charge in [-0.25, -0.2) is 9.38 Å². The van der Waals surface area contributed by atoms with Crippen molar-refractivity contribution in [2.75, 3.05) is 13.7 Å². The summed E-state index contributed by atoms with van der Waals surface area (Å²) in [5, 5.41) is 15.1. The van der Waals surface area contributed by atoms with Crippen molar-refractivity contribution < 1.29 is 14.2 Å². The van der Waals surface area contributed by atoms with Crippen LogP contribution in [0.5, 0.6) is 0 Å². The van der Waals surface area contributed by atoms with Crippen molar-refractivity contribution in [1.82, 2.24) is 0 Å². The van der Waals surface area contributed by atoms with Crippen molar-refractivity contribution >= 4 is 34.5 Å². The highest BCUT2D eigenvalue weighted by Crippen LogP contribution is 2.29. The molecule has 0 unspecified atom stereocenters. The molecule has 0 spiro atoms. The van der Waals surface area contributed by atoms with Gasteiger partial charge >= 0.3 is 5.84 Å². The maximum absolute atomic E-state index is 14.3. The van der Waals surface area contributed by atoms with Gasteiger partial charge in [-0.05, 0) is 35.3 Å². The number of nitro groups is 1. The van der Waals surface area contributed by atoms with E-state index in [1.807, 2.05) is 0 Å². The fourth-order valence-electron chi connectivity index (χ4n) is 2.50. The Morgan fingerprint density at radius 1 is 1.31 bits per heavy atom. The summed E-state index contributed by atoms with van der Waals surface area (Å²) in [5.41, 5.74) is 1.39. The zero-order valence-corrected chi connectivity index (χ0v) is 14.3. The van der Waals surface area contributed by atoms with Crippen LogP contribution >= 0.6 is 11.6 Å². The Kier molecular flexibility index (Phi) is 5.04. The summed E-state index contributed by atoms with van der Waals surface area (Å²) in [6.45, 7) is -0.168. The Labute approximate surface area is 152 Å². The number of benzene rings is 2. The monoisotopic (exact) mass is 374 g/mol. The van der Waals surface area contributed by atoms with Crippen molar-refractivity contribution in [3.63, 3.8) is 0 Å². The van der Waals surface area contributed by atoms with Crippen LogP contribution in [0.2, 0.25) is 5.02 Å². The molecular weight excluding hydrogens is 363 g/mol. The molecule has 2 aromatic carbocycles. The minimum atomic E-state index is -0.707. The predicted molar refractivity (Wildman–Crippen MR) is 96.9 cm³/mol. The van der Waals surface area contributed by atoms with E-state index in [-0.39, 0.29) is 17.8 Å². The van der Waals surface area contributed by atoms with Crippen LogP contribution in [0.25, 0.3) is 0 Å². The number of fused-ring (bicyclic) bond motifs is 1. The Hall–Kier alpha value is -3.13. The zero-order chi connectivity index (χ0) is 18.7. The van der Waals surface area contributed by atoms with E-state index in [4.69, 9.17) is 11.6 Å². The molecule has 26 heavy (non-hydrogen) atoms. The lowest BCUT2D eigenvalue weighted by Gasteiger charge is -2.09. The summed E-state index contributed by atoms with van der Waals surface area (Å²) >= 11 is 6.07. The van der Waals surface area contributed by atoms with Crippen LogP contribution in [0.3, 0.4) is 0 Å². The van der Waals surface area contributed by atoms with Crippen LogP contribution in [-0.4, -0.2) is 35.8 Å². The Balaban J connectivity index is 2.21. The van der Waals surface area contributed by atoms with Gasteiger partial charge in [-0.1, -0.05) is 23.7 Å². The maximum Gasteiger partial charge on any atom is 0.433 e. The Morgan fingerprint density at radius 2 is 2.08 bits per heavy atom. The van der Waals surface area contributed by atoms with Gasteiger partial charge in [0.1, 0.15) is 12.9 Å². The first-order valence-electron chi connectivity index (χ1n) is 7.44. The molecular formula is C17H12ClFN4O3. The summed E-state index contributed by atoms with van der Waals surface area (Å²) in [4.78, 5) is 23.7. The molecule has 2 aromatic rings. The molecule has 1 heterocycles. The molecule has 0 aliphatic carbocycles. The van der Waals surface area contributed by atoms with Gasteiger partial charge in [-0.15, -0.1) is 0 Å². The number of halogens is 2. The van der Waals surface area contributed by atoms with Crippen LogP contribution in [0.15, 0.2) is 57.6 Å². The van der Waals surface area contributed by atoms with E-state index in [2.05, 4.69) is 20.0 Å². The normalized spacial score (nSPS) is 14.0. The molecule has 132 valence electrons. The molecule has 0 aromatic heterocycles. The highest BCUT2D eigenvalue weighted by Gasteiger charge is 2.27. The number of hydrogen-bond acceptors (Lipinski definition) is 6. The summed E-state index contributed by atoms with van der Waals surface area (Å²) < 4.78 is 14.3. The molecule has 0 saturated carbocycles. The predicted octanol–water partition coefficient (Wildman–Crippen LogP) is 3.64. The van der Waals surface area contributed by atoms with Crippen LogP contribution in [0, 0.1) is 15.9 Å². The van der Waals surface area contributed by atoms with Gasteiger partial charge in [0.2, 0.25) is 0 Å². The lowest BCUT2D eigenvalue weighted by molar-refractivity contribution is -0.348. The van der Waals surface area contributed by atoms with Gasteiger partial charge in [-0.3, -0.25) is 4.99 Å². The summed E-state index contributed by atoms with van der Waals surface area (Å²) in [5.74, 6) is -1.03. The third kappa shape index (κ3) is 3.45. The van der Waals surface area contributed by atoms with Crippen molar-refractivity contribution in [3.8, 4) is 0 Å². The Bertz CT molecular complexity index is 972. The number of oxime groups is 1. The molecule has 0 atom stereocenters. The second-order valence-corrected chi connectivity index (χ2v) is 5.66. The fraction of sp³-hybridized carbons (Fsp3) is 0.118. The molecule has 0 radical (unpaired) electrons. The second-order valence-electron chi connectivity index (χ2n) is 5.22. The largest absolute Gasteiger partial charge is 0.433 e. The average Bonchev–Trinajstić information content (AvgIpc) is 2.79. The summed E-state index contributed by atoms with van der Waals surface area (Å²) in [6, 6.07) is 10.9. The molecule has 0 N–H and O–H groups in total. The first kappa shape index (κ1) is 17.7. The average molecular weight is 375 g/mol. The van der Waals surface area contributed by atoms with Crippen molar-refractivity contribution in [2.45, 2.75) is 0 Å². The number of aliphatic imine (C=N–C) groups is 2. The molecule has 0 saturated heterocycles. The third-order valence-corrected chi connectivity index (χ3v) is 3.83. The van der Waals surface area contributed by atoms with E-state index in [1.54, 1.807) is 36.4 Å². The van der Waals surface area contributed by atoms with Crippen LogP contribution in [-0.2, 0) is 4.84 Å². The van der Waals surface area contributed by atoms with E-state index in [1.165, 1.54) is 13.2 Å². The van der Waals surface area contributed by atoms with Gasteiger partial charge in [0.05, 0.1) is 17.9 Å². The van der Waals surface area contributed by atoms with Gasteiger partial charge in [0, 0.05) is 16.1 Å². The molecule has 0 bridgehead atoms. The van der Waals surface area contributed by atoms with E-state index in [9.17, 15) is 14.5 Å². The van der Waals surface area contributed by atoms with Gasteiger partial charge in [0.15, 0.2) is 10.9 Å². The van der Waals surface area contributed by atoms with E-state index in [0.717, 1.165) is 0 Å². The van der Waals surface area contributed by atoms with Crippen molar-refractivity contribution in [2.24, 2.45) is 15.1 Å². The van der Waals surface area contributed by atoms with Crippen molar-refractivity contribution in [3.05, 3.63) is 74.5 Å². The second kappa shape index (κ2) is 7.40. The van der Waals surface area contributed by atoms with E-state index < -0.39 is 16.6 Å². The zero-order valence-electron chi connectivity index (χ0n) is 13.5. The molecule has 0 fully saturated rings. The van der Waals surface area contributed by atoms with Gasteiger partial charge < -0.3 is 15.0 Å². The maximum atomic E-state index is 14.3. The molecule has 1 aliphatic rings. The quantitative estimate of drug-likeness (QED) is 0.355.